The molecule has 23 heavy (non-hydrogen) atoms. The summed E-state index contributed by atoms with van der Waals surface area (Å²) in [6, 6.07) is 4.09. The standard InChI is InChI=1S/C17H20FN3.C2H6/c1-3-4-13(2)15-5-6-21-12-16(19-17(21)7-15)11-20-9-14(8-18)10-20;1-2/h3-7,12,14H,2,8-11H2,1H3;1-2H3/b4-3+;. The number of pyridine rings is 1. The Morgan fingerprint density at radius 2 is 2.17 bits per heavy atom. The summed E-state index contributed by atoms with van der Waals surface area (Å²) < 4.78 is 14.5. The molecule has 1 fully saturated rings. The third kappa shape index (κ3) is 4.08. The van der Waals surface area contributed by atoms with Crippen molar-refractivity contribution in [1.82, 2.24) is 14.3 Å². The Labute approximate surface area is 138 Å². The molecule has 0 saturated carbocycles. The predicted octanol–water partition coefficient (Wildman–Crippen LogP) is 4.35. The Balaban J connectivity index is 0.000000924. The molecule has 3 heterocycles. The maximum Gasteiger partial charge on any atom is 0.137 e. The van der Waals surface area contributed by atoms with Crippen molar-refractivity contribution < 1.29 is 4.39 Å². The molecule has 124 valence electrons. The van der Waals surface area contributed by atoms with E-state index in [-0.39, 0.29) is 12.6 Å². The van der Waals surface area contributed by atoms with Crippen LogP contribution in [0, 0.1) is 5.92 Å². The molecule has 0 radical (unpaired) electrons. The number of allylic oxidation sites excluding steroid dienone is 3. The van der Waals surface area contributed by atoms with Crippen LogP contribution in [0.25, 0.3) is 11.2 Å². The van der Waals surface area contributed by atoms with Gasteiger partial charge >= 0.3 is 0 Å². The second-order valence-corrected chi connectivity index (χ2v) is 5.65. The molecule has 1 saturated heterocycles. The van der Waals surface area contributed by atoms with E-state index in [0.29, 0.717) is 0 Å². The average Bonchev–Trinajstić information content (AvgIpc) is 2.94. The molecule has 2 aromatic rings. The maximum atomic E-state index is 12.4. The van der Waals surface area contributed by atoms with Crippen LogP contribution in [0.4, 0.5) is 4.39 Å². The molecule has 0 atom stereocenters. The Hall–Kier alpha value is -1.94. The second kappa shape index (κ2) is 8.06. The van der Waals surface area contributed by atoms with Gasteiger partial charge in [0.05, 0.1) is 12.4 Å². The summed E-state index contributed by atoms with van der Waals surface area (Å²) >= 11 is 0. The van der Waals surface area contributed by atoms with Crippen LogP contribution in [0.1, 0.15) is 32.0 Å². The zero-order chi connectivity index (χ0) is 16.8. The lowest BCUT2D eigenvalue weighted by Gasteiger charge is -2.37. The minimum atomic E-state index is -0.210. The van der Waals surface area contributed by atoms with Crippen molar-refractivity contribution in [2.24, 2.45) is 5.92 Å². The van der Waals surface area contributed by atoms with Crippen molar-refractivity contribution in [3.63, 3.8) is 0 Å². The zero-order valence-electron chi connectivity index (χ0n) is 14.3. The van der Waals surface area contributed by atoms with Gasteiger partial charge in [-0.3, -0.25) is 9.29 Å². The van der Waals surface area contributed by atoms with Crippen LogP contribution < -0.4 is 0 Å². The SMILES string of the molecule is C=C(/C=C/C)c1ccn2cc(CN3CC(CF)C3)nc2c1.CC. The molecule has 3 nitrogen and oxygen atoms in total. The topological polar surface area (TPSA) is 20.5 Å². The Bertz CT molecular complexity index is 681. The molecule has 2 aromatic heterocycles. The molecule has 0 unspecified atom stereocenters. The molecule has 0 bridgehead atoms. The van der Waals surface area contributed by atoms with Gasteiger partial charge in [0.2, 0.25) is 0 Å². The lowest BCUT2D eigenvalue weighted by molar-refractivity contribution is 0.0727. The average molecular weight is 315 g/mol. The van der Waals surface area contributed by atoms with E-state index in [9.17, 15) is 4.39 Å². The van der Waals surface area contributed by atoms with E-state index in [0.717, 1.165) is 42.1 Å². The minimum absolute atomic E-state index is 0.210. The van der Waals surface area contributed by atoms with E-state index < -0.39 is 0 Å². The van der Waals surface area contributed by atoms with Gasteiger partial charge in [0, 0.05) is 37.9 Å². The lowest BCUT2D eigenvalue weighted by atomic mass is 10.0. The number of hydrogen-bond donors (Lipinski definition) is 0. The van der Waals surface area contributed by atoms with Gasteiger partial charge in [-0.05, 0) is 30.2 Å². The highest BCUT2D eigenvalue weighted by molar-refractivity contribution is 5.73. The van der Waals surface area contributed by atoms with E-state index in [1.807, 2.05) is 61.9 Å². The Kier molecular flexibility index (Phi) is 6.11. The number of halogens is 1. The summed E-state index contributed by atoms with van der Waals surface area (Å²) in [5, 5.41) is 0. The molecule has 4 heteroatoms. The summed E-state index contributed by atoms with van der Waals surface area (Å²) in [7, 11) is 0. The highest BCUT2D eigenvalue weighted by atomic mass is 19.1. The van der Waals surface area contributed by atoms with E-state index in [2.05, 4.69) is 16.5 Å². The Morgan fingerprint density at radius 1 is 1.43 bits per heavy atom. The monoisotopic (exact) mass is 315 g/mol. The fraction of sp³-hybridized carbons (Fsp3) is 0.421. The van der Waals surface area contributed by atoms with E-state index in [1.54, 1.807) is 0 Å². The lowest BCUT2D eigenvalue weighted by Crippen LogP contribution is -2.46. The maximum absolute atomic E-state index is 12.4. The number of likely N-dealkylation sites (tertiary alicyclic amines) is 1. The molecule has 0 N–H and O–H groups in total. The fourth-order valence-corrected chi connectivity index (χ4v) is 2.74. The van der Waals surface area contributed by atoms with Crippen molar-refractivity contribution in [2.45, 2.75) is 27.3 Å². The van der Waals surface area contributed by atoms with Crippen molar-refractivity contribution in [1.29, 1.82) is 0 Å². The van der Waals surface area contributed by atoms with Gasteiger partial charge in [-0.15, -0.1) is 0 Å². The smallest absolute Gasteiger partial charge is 0.137 e. The molecule has 3 rings (SSSR count). The van der Waals surface area contributed by atoms with Gasteiger partial charge in [-0.25, -0.2) is 4.98 Å². The van der Waals surface area contributed by atoms with E-state index in [4.69, 9.17) is 0 Å². The summed E-state index contributed by atoms with van der Waals surface area (Å²) in [6.45, 7) is 12.3. The molecule has 1 aliphatic heterocycles. The number of imidazole rings is 1. The third-order valence-corrected chi connectivity index (χ3v) is 3.89. The van der Waals surface area contributed by atoms with E-state index in [1.165, 1.54) is 0 Å². The van der Waals surface area contributed by atoms with Gasteiger partial charge in [0.25, 0.3) is 0 Å². The Morgan fingerprint density at radius 3 is 2.83 bits per heavy atom. The molecular formula is C19H26FN3. The molecular weight excluding hydrogens is 289 g/mol. The minimum Gasteiger partial charge on any atom is -0.307 e. The van der Waals surface area contributed by atoms with Crippen LogP contribution >= 0.6 is 0 Å². The zero-order valence-corrected chi connectivity index (χ0v) is 14.3. The number of alkyl halides is 1. The number of aromatic nitrogens is 2. The van der Waals surface area contributed by atoms with Crippen LogP contribution in [0.15, 0.2) is 43.3 Å². The van der Waals surface area contributed by atoms with Crippen molar-refractivity contribution in [2.75, 3.05) is 19.8 Å². The van der Waals surface area contributed by atoms with Crippen LogP contribution in [0.3, 0.4) is 0 Å². The van der Waals surface area contributed by atoms with Crippen LogP contribution in [-0.4, -0.2) is 34.0 Å². The molecule has 0 aromatic carbocycles. The first-order valence-corrected chi connectivity index (χ1v) is 8.27. The van der Waals surface area contributed by atoms with Crippen molar-refractivity contribution in [3.8, 4) is 0 Å². The van der Waals surface area contributed by atoms with Gasteiger partial charge < -0.3 is 4.40 Å². The first-order valence-electron chi connectivity index (χ1n) is 8.27. The molecule has 0 spiro atoms. The number of rotatable bonds is 5. The van der Waals surface area contributed by atoms with E-state index >= 15 is 0 Å². The summed E-state index contributed by atoms with van der Waals surface area (Å²) in [5.74, 6) is 0.220. The quantitative estimate of drug-likeness (QED) is 0.765. The summed E-state index contributed by atoms with van der Waals surface area (Å²) in [5.41, 5.74) is 4.02. The summed E-state index contributed by atoms with van der Waals surface area (Å²) in [4.78, 5) is 6.88. The first-order chi connectivity index (χ1) is 11.2. The highest BCUT2D eigenvalue weighted by Crippen LogP contribution is 2.20. The fourth-order valence-electron chi connectivity index (χ4n) is 2.74. The predicted molar refractivity (Wildman–Crippen MR) is 95.1 cm³/mol. The molecule has 1 aliphatic rings. The van der Waals surface area contributed by atoms with Gasteiger partial charge in [-0.2, -0.15) is 0 Å². The second-order valence-electron chi connectivity index (χ2n) is 5.65. The summed E-state index contributed by atoms with van der Waals surface area (Å²) in [6.07, 6.45) is 8.03. The van der Waals surface area contributed by atoms with Gasteiger partial charge in [0.15, 0.2) is 0 Å². The molecule has 0 aliphatic carbocycles. The number of fused-ring (bicyclic) bond motifs is 1. The van der Waals surface area contributed by atoms with Crippen molar-refractivity contribution >= 4 is 11.2 Å². The largest absolute Gasteiger partial charge is 0.307 e. The normalized spacial score (nSPS) is 15.5. The van der Waals surface area contributed by atoms with Crippen LogP contribution in [0.5, 0.6) is 0 Å². The first kappa shape index (κ1) is 17.4. The highest BCUT2D eigenvalue weighted by Gasteiger charge is 2.26. The third-order valence-electron chi connectivity index (χ3n) is 3.89. The van der Waals surface area contributed by atoms with Gasteiger partial charge in [-0.1, -0.05) is 32.6 Å². The van der Waals surface area contributed by atoms with Crippen molar-refractivity contribution in [3.05, 3.63) is 54.5 Å². The number of hydrogen-bond acceptors (Lipinski definition) is 2. The molecule has 0 amide bonds. The van der Waals surface area contributed by atoms with Crippen LogP contribution in [0.2, 0.25) is 0 Å². The van der Waals surface area contributed by atoms with Crippen LogP contribution in [-0.2, 0) is 6.54 Å². The van der Waals surface area contributed by atoms with Gasteiger partial charge in [0.1, 0.15) is 5.65 Å². The number of nitrogens with zero attached hydrogens (tertiary/aromatic N) is 3.